The average molecular weight is 263 g/mol. The van der Waals surface area contributed by atoms with Crippen LogP contribution in [0, 0.1) is 0 Å². The van der Waals surface area contributed by atoms with Crippen molar-refractivity contribution in [1.29, 1.82) is 0 Å². The van der Waals surface area contributed by atoms with Crippen LogP contribution in [0.1, 0.15) is 25.3 Å². The number of hydrogen-bond donors (Lipinski definition) is 1. The van der Waals surface area contributed by atoms with Crippen LogP contribution in [0.2, 0.25) is 0 Å². The molecule has 0 unspecified atom stereocenters. The second-order valence-corrected chi connectivity index (χ2v) is 4.83. The summed E-state index contributed by atoms with van der Waals surface area (Å²) in [6, 6.07) is 10.3. The van der Waals surface area contributed by atoms with Gasteiger partial charge in [0.05, 0.1) is 6.61 Å². The van der Waals surface area contributed by atoms with Gasteiger partial charge in [-0.25, -0.2) is 4.79 Å². The molecule has 104 valence electrons. The van der Waals surface area contributed by atoms with E-state index in [0.29, 0.717) is 13.2 Å². The topological polar surface area (TPSA) is 47.6 Å². The molecule has 0 spiro atoms. The van der Waals surface area contributed by atoms with Crippen LogP contribution in [-0.4, -0.2) is 32.5 Å². The molecule has 0 aliphatic carbocycles. The summed E-state index contributed by atoms with van der Waals surface area (Å²) in [6.07, 6.45) is 1.50. The molecule has 4 nitrogen and oxygen atoms in total. The van der Waals surface area contributed by atoms with E-state index in [0.717, 1.165) is 26.1 Å². The van der Waals surface area contributed by atoms with Crippen LogP contribution in [0.3, 0.4) is 0 Å². The molecule has 19 heavy (non-hydrogen) atoms. The molecule has 1 amide bonds. The maximum absolute atomic E-state index is 11.5. The first-order valence-electron chi connectivity index (χ1n) is 6.81. The lowest BCUT2D eigenvalue weighted by atomic mass is 9.74. The Morgan fingerprint density at radius 2 is 2.00 bits per heavy atom. The SMILES string of the molecule is CCOC(=O)NCC1(c2ccccc2)CCOCC1. The van der Waals surface area contributed by atoms with Crippen molar-refractivity contribution in [2.75, 3.05) is 26.4 Å². The first-order chi connectivity index (χ1) is 9.27. The van der Waals surface area contributed by atoms with Crippen molar-refractivity contribution in [3.8, 4) is 0 Å². The van der Waals surface area contributed by atoms with Gasteiger partial charge in [-0.3, -0.25) is 0 Å². The predicted molar refractivity (Wildman–Crippen MR) is 73.2 cm³/mol. The Kier molecular flexibility index (Phi) is 4.80. The average Bonchev–Trinajstić information content (AvgIpc) is 2.47. The highest BCUT2D eigenvalue weighted by Gasteiger charge is 2.34. The van der Waals surface area contributed by atoms with Crippen molar-refractivity contribution in [3.63, 3.8) is 0 Å². The van der Waals surface area contributed by atoms with Gasteiger partial charge in [-0.05, 0) is 25.3 Å². The Morgan fingerprint density at radius 1 is 1.32 bits per heavy atom. The maximum atomic E-state index is 11.5. The highest BCUT2D eigenvalue weighted by molar-refractivity contribution is 5.67. The number of nitrogens with one attached hydrogen (secondary N) is 1. The van der Waals surface area contributed by atoms with Gasteiger partial charge in [-0.15, -0.1) is 0 Å². The lowest BCUT2D eigenvalue weighted by molar-refractivity contribution is 0.0490. The Bertz CT molecular complexity index is 399. The zero-order chi connectivity index (χ0) is 13.6. The molecule has 1 aliphatic rings. The Hall–Kier alpha value is -1.55. The van der Waals surface area contributed by atoms with Crippen LogP contribution >= 0.6 is 0 Å². The minimum absolute atomic E-state index is 0.0354. The van der Waals surface area contributed by atoms with Crippen molar-refractivity contribution >= 4 is 6.09 Å². The highest BCUT2D eigenvalue weighted by atomic mass is 16.5. The molecular formula is C15H21NO3. The summed E-state index contributed by atoms with van der Waals surface area (Å²) < 4.78 is 10.4. The number of carbonyl (C=O) groups excluding carboxylic acids is 1. The van der Waals surface area contributed by atoms with Crippen LogP contribution in [0.15, 0.2) is 30.3 Å². The number of rotatable bonds is 4. The van der Waals surface area contributed by atoms with Gasteiger partial charge >= 0.3 is 6.09 Å². The molecule has 0 bridgehead atoms. The van der Waals surface area contributed by atoms with E-state index in [4.69, 9.17) is 9.47 Å². The molecule has 1 heterocycles. The molecule has 2 rings (SSSR count). The Morgan fingerprint density at radius 3 is 2.63 bits per heavy atom. The quantitative estimate of drug-likeness (QED) is 0.908. The summed E-state index contributed by atoms with van der Waals surface area (Å²) in [5.41, 5.74) is 1.22. The lowest BCUT2D eigenvalue weighted by Crippen LogP contribution is -2.44. The summed E-state index contributed by atoms with van der Waals surface area (Å²) in [7, 11) is 0. The zero-order valence-electron chi connectivity index (χ0n) is 11.4. The van der Waals surface area contributed by atoms with Gasteiger partial charge in [0.25, 0.3) is 0 Å². The highest BCUT2D eigenvalue weighted by Crippen LogP contribution is 2.34. The van der Waals surface area contributed by atoms with Crippen molar-refractivity contribution < 1.29 is 14.3 Å². The minimum Gasteiger partial charge on any atom is -0.450 e. The molecule has 1 aromatic rings. The van der Waals surface area contributed by atoms with Gasteiger partial charge in [-0.1, -0.05) is 30.3 Å². The molecule has 0 saturated carbocycles. The summed E-state index contributed by atoms with van der Waals surface area (Å²) >= 11 is 0. The first-order valence-corrected chi connectivity index (χ1v) is 6.81. The van der Waals surface area contributed by atoms with Crippen LogP contribution in [0.25, 0.3) is 0 Å². The Labute approximate surface area is 114 Å². The van der Waals surface area contributed by atoms with Gasteiger partial charge < -0.3 is 14.8 Å². The fraction of sp³-hybridized carbons (Fsp3) is 0.533. The molecule has 1 N–H and O–H groups in total. The molecule has 0 atom stereocenters. The zero-order valence-corrected chi connectivity index (χ0v) is 11.4. The fourth-order valence-corrected chi connectivity index (χ4v) is 2.54. The fourth-order valence-electron chi connectivity index (χ4n) is 2.54. The number of amides is 1. The van der Waals surface area contributed by atoms with Crippen molar-refractivity contribution in [1.82, 2.24) is 5.32 Å². The molecule has 1 aliphatic heterocycles. The minimum atomic E-state index is -0.343. The summed E-state index contributed by atoms with van der Waals surface area (Å²) in [4.78, 5) is 11.5. The summed E-state index contributed by atoms with van der Waals surface area (Å²) in [5, 5.41) is 2.88. The summed E-state index contributed by atoms with van der Waals surface area (Å²) in [6.45, 7) is 4.27. The lowest BCUT2D eigenvalue weighted by Gasteiger charge is -2.37. The van der Waals surface area contributed by atoms with E-state index in [2.05, 4.69) is 17.4 Å². The van der Waals surface area contributed by atoms with E-state index >= 15 is 0 Å². The molecule has 1 saturated heterocycles. The van der Waals surface area contributed by atoms with Crippen LogP contribution in [0.5, 0.6) is 0 Å². The van der Waals surface area contributed by atoms with Crippen LogP contribution < -0.4 is 5.32 Å². The van der Waals surface area contributed by atoms with E-state index in [1.807, 2.05) is 18.2 Å². The number of carbonyl (C=O) groups is 1. The number of ether oxygens (including phenoxy) is 2. The standard InChI is InChI=1S/C15H21NO3/c1-2-19-14(17)16-12-15(8-10-18-11-9-15)13-6-4-3-5-7-13/h3-7H,2,8-12H2,1H3,(H,16,17). The molecule has 0 aromatic heterocycles. The van der Waals surface area contributed by atoms with E-state index in [1.165, 1.54) is 5.56 Å². The van der Waals surface area contributed by atoms with E-state index in [1.54, 1.807) is 6.92 Å². The molecular weight excluding hydrogens is 242 g/mol. The number of benzene rings is 1. The largest absolute Gasteiger partial charge is 0.450 e. The molecule has 1 aromatic carbocycles. The van der Waals surface area contributed by atoms with Gasteiger partial charge in [0, 0.05) is 25.2 Å². The van der Waals surface area contributed by atoms with Gasteiger partial charge in [0.2, 0.25) is 0 Å². The molecule has 1 fully saturated rings. The number of hydrogen-bond acceptors (Lipinski definition) is 3. The van der Waals surface area contributed by atoms with Crippen LogP contribution in [0.4, 0.5) is 4.79 Å². The Balaban J connectivity index is 2.09. The van der Waals surface area contributed by atoms with Crippen molar-refractivity contribution in [2.45, 2.75) is 25.2 Å². The second-order valence-electron chi connectivity index (χ2n) is 4.83. The normalized spacial score (nSPS) is 17.7. The number of alkyl carbamates (subject to hydrolysis) is 1. The second kappa shape index (κ2) is 6.57. The van der Waals surface area contributed by atoms with Crippen LogP contribution in [-0.2, 0) is 14.9 Å². The maximum Gasteiger partial charge on any atom is 0.407 e. The van der Waals surface area contributed by atoms with E-state index in [9.17, 15) is 4.79 Å². The third-order valence-corrected chi connectivity index (χ3v) is 3.68. The third-order valence-electron chi connectivity index (χ3n) is 3.68. The molecule has 0 radical (unpaired) electrons. The van der Waals surface area contributed by atoms with Gasteiger partial charge in [0.15, 0.2) is 0 Å². The first kappa shape index (κ1) is 13.9. The smallest absolute Gasteiger partial charge is 0.407 e. The monoisotopic (exact) mass is 263 g/mol. The van der Waals surface area contributed by atoms with E-state index < -0.39 is 0 Å². The summed E-state index contributed by atoms with van der Waals surface area (Å²) in [5.74, 6) is 0. The van der Waals surface area contributed by atoms with Gasteiger partial charge in [-0.2, -0.15) is 0 Å². The van der Waals surface area contributed by atoms with E-state index in [-0.39, 0.29) is 11.5 Å². The van der Waals surface area contributed by atoms with Crippen molar-refractivity contribution in [2.24, 2.45) is 0 Å². The molecule has 4 heteroatoms. The van der Waals surface area contributed by atoms with Crippen molar-refractivity contribution in [3.05, 3.63) is 35.9 Å². The third kappa shape index (κ3) is 3.47. The van der Waals surface area contributed by atoms with Gasteiger partial charge in [0.1, 0.15) is 0 Å². The predicted octanol–water partition coefficient (Wildman–Crippen LogP) is 2.48.